The maximum atomic E-state index is 13.4. The highest BCUT2D eigenvalue weighted by atomic mass is 16.5. The summed E-state index contributed by atoms with van der Waals surface area (Å²) in [5.41, 5.74) is 2.09. The van der Waals surface area contributed by atoms with E-state index in [2.05, 4.69) is 0 Å². The van der Waals surface area contributed by atoms with Crippen LogP contribution in [-0.2, 0) is 4.74 Å². The molecule has 0 spiro atoms. The van der Waals surface area contributed by atoms with Gasteiger partial charge in [0.15, 0.2) is 11.5 Å². The monoisotopic (exact) mass is 456 g/mol. The average molecular weight is 456 g/mol. The van der Waals surface area contributed by atoms with Gasteiger partial charge in [0.05, 0.1) is 35.4 Å². The summed E-state index contributed by atoms with van der Waals surface area (Å²) in [5.74, 6) is 0.429. The molecule has 0 aliphatic heterocycles. The number of phenolic OH excluding ortho intramolecular Hbond substituents is 1. The van der Waals surface area contributed by atoms with Crippen LogP contribution in [-0.4, -0.2) is 33.8 Å². The van der Waals surface area contributed by atoms with Crippen LogP contribution in [0.15, 0.2) is 71.5 Å². The Hall–Kier alpha value is -4.39. The second-order valence-electron chi connectivity index (χ2n) is 7.39. The highest BCUT2D eigenvalue weighted by Crippen LogP contribution is 2.27. The number of rotatable bonds is 7. The summed E-state index contributed by atoms with van der Waals surface area (Å²) < 4.78 is 12.0. The Kier molecular flexibility index (Phi) is 6.73. The molecule has 3 aromatic carbocycles. The normalized spacial score (nSPS) is 11.1. The molecule has 0 amide bonds. The van der Waals surface area contributed by atoms with Gasteiger partial charge in [0.1, 0.15) is 5.82 Å². The molecular weight excluding hydrogens is 432 g/mol. The number of benzene rings is 3. The highest BCUT2D eigenvalue weighted by Gasteiger charge is 2.13. The molecule has 0 aliphatic carbocycles. The lowest BCUT2D eigenvalue weighted by atomic mass is 10.1. The first-order valence-electron chi connectivity index (χ1n) is 10.9. The summed E-state index contributed by atoms with van der Waals surface area (Å²) in [5, 5.41) is 10.4. The van der Waals surface area contributed by atoms with Gasteiger partial charge < -0.3 is 14.6 Å². The summed E-state index contributed by atoms with van der Waals surface area (Å²) in [6.45, 7) is 4.30. The lowest BCUT2D eigenvalue weighted by molar-refractivity contribution is 0.0526. The SMILES string of the molecule is CCOC(=O)c1ccc(-n2c(/C=C/c3ccc(O)c(OCC)c3)nc3ccccc3c2=O)cc1. The fourth-order valence-corrected chi connectivity index (χ4v) is 3.55. The minimum absolute atomic E-state index is 0.0569. The van der Waals surface area contributed by atoms with Crippen LogP contribution >= 0.6 is 0 Å². The molecule has 0 unspecified atom stereocenters. The molecule has 4 rings (SSSR count). The molecule has 1 N–H and O–H groups in total. The minimum Gasteiger partial charge on any atom is -0.504 e. The number of aromatic nitrogens is 2. The number of hydrogen-bond acceptors (Lipinski definition) is 6. The zero-order valence-electron chi connectivity index (χ0n) is 18.9. The Bertz CT molecular complexity index is 1420. The first kappa shape index (κ1) is 22.8. The number of para-hydroxylation sites is 1. The van der Waals surface area contributed by atoms with E-state index in [0.717, 1.165) is 5.56 Å². The van der Waals surface area contributed by atoms with Crippen molar-refractivity contribution in [2.24, 2.45) is 0 Å². The quantitative estimate of drug-likeness (QED) is 0.400. The lowest BCUT2D eigenvalue weighted by Gasteiger charge is -2.12. The minimum atomic E-state index is -0.421. The summed E-state index contributed by atoms with van der Waals surface area (Å²) in [6.07, 6.45) is 3.52. The molecule has 0 aliphatic rings. The third-order valence-corrected chi connectivity index (χ3v) is 5.15. The number of aromatic hydroxyl groups is 1. The van der Waals surface area contributed by atoms with Gasteiger partial charge in [0.2, 0.25) is 0 Å². The third kappa shape index (κ3) is 4.68. The Morgan fingerprint density at radius 1 is 1.00 bits per heavy atom. The van der Waals surface area contributed by atoms with Crippen molar-refractivity contribution < 1.29 is 19.4 Å². The zero-order chi connectivity index (χ0) is 24.1. The van der Waals surface area contributed by atoms with Crippen LogP contribution in [0.5, 0.6) is 11.5 Å². The molecule has 1 aromatic heterocycles. The van der Waals surface area contributed by atoms with Gasteiger partial charge in [0, 0.05) is 0 Å². The van der Waals surface area contributed by atoms with Crippen LogP contribution in [0.1, 0.15) is 35.6 Å². The second-order valence-corrected chi connectivity index (χ2v) is 7.39. The molecule has 1 heterocycles. The van der Waals surface area contributed by atoms with E-state index in [1.165, 1.54) is 4.57 Å². The van der Waals surface area contributed by atoms with Gasteiger partial charge in [-0.15, -0.1) is 0 Å². The molecule has 4 aromatic rings. The van der Waals surface area contributed by atoms with Gasteiger partial charge >= 0.3 is 5.97 Å². The Balaban J connectivity index is 1.81. The van der Waals surface area contributed by atoms with Crippen molar-refractivity contribution in [3.63, 3.8) is 0 Å². The Labute approximate surface area is 196 Å². The Morgan fingerprint density at radius 2 is 1.76 bits per heavy atom. The fraction of sp³-hybridized carbons (Fsp3) is 0.148. The third-order valence-electron chi connectivity index (χ3n) is 5.15. The second kappa shape index (κ2) is 10.0. The van der Waals surface area contributed by atoms with E-state index in [9.17, 15) is 14.7 Å². The van der Waals surface area contributed by atoms with Crippen molar-refractivity contribution in [2.75, 3.05) is 13.2 Å². The number of nitrogens with zero attached hydrogens (tertiary/aromatic N) is 2. The number of carbonyl (C=O) groups excluding carboxylic acids is 1. The number of esters is 1. The van der Waals surface area contributed by atoms with E-state index < -0.39 is 5.97 Å². The van der Waals surface area contributed by atoms with E-state index in [1.54, 1.807) is 79.7 Å². The van der Waals surface area contributed by atoms with Crippen molar-refractivity contribution in [3.05, 3.63) is 94.0 Å². The fourth-order valence-electron chi connectivity index (χ4n) is 3.55. The van der Waals surface area contributed by atoms with Crippen LogP contribution in [0.25, 0.3) is 28.7 Å². The molecule has 0 fully saturated rings. The van der Waals surface area contributed by atoms with Gasteiger partial charge in [0.25, 0.3) is 5.56 Å². The van der Waals surface area contributed by atoms with E-state index >= 15 is 0 Å². The predicted octanol–water partition coefficient (Wildman–Crippen LogP) is 4.84. The standard InChI is InChI=1S/C27H24N2O5/c1-3-33-24-17-18(9-15-23(24)30)10-16-25-28-22-8-6-5-7-21(22)26(31)29(25)20-13-11-19(12-14-20)27(32)34-4-2/h5-17,30H,3-4H2,1-2H3/b16-10+. The van der Waals surface area contributed by atoms with Gasteiger partial charge in [-0.3, -0.25) is 9.36 Å². The molecule has 0 radical (unpaired) electrons. The van der Waals surface area contributed by atoms with E-state index in [0.29, 0.717) is 40.3 Å². The number of ether oxygens (including phenoxy) is 2. The van der Waals surface area contributed by atoms with Crippen LogP contribution in [0.3, 0.4) is 0 Å². The summed E-state index contributed by atoms with van der Waals surface area (Å²) in [6, 6.07) is 18.8. The Morgan fingerprint density at radius 3 is 2.50 bits per heavy atom. The summed E-state index contributed by atoms with van der Waals surface area (Å²) in [4.78, 5) is 30.1. The predicted molar refractivity (Wildman–Crippen MR) is 132 cm³/mol. The maximum absolute atomic E-state index is 13.4. The van der Waals surface area contributed by atoms with Gasteiger partial charge in [-0.2, -0.15) is 0 Å². The summed E-state index contributed by atoms with van der Waals surface area (Å²) in [7, 11) is 0. The van der Waals surface area contributed by atoms with Gasteiger partial charge in [-0.05, 0) is 74.0 Å². The van der Waals surface area contributed by atoms with Crippen molar-refractivity contribution in [1.82, 2.24) is 9.55 Å². The molecule has 7 nitrogen and oxygen atoms in total. The average Bonchev–Trinajstić information content (AvgIpc) is 2.85. The molecule has 34 heavy (non-hydrogen) atoms. The molecule has 0 bridgehead atoms. The topological polar surface area (TPSA) is 90.7 Å². The number of carbonyl (C=O) groups is 1. The molecule has 7 heteroatoms. The molecule has 0 atom stereocenters. The van der Waals surface area contributed by atoms with Crippen LogP contribution in [0.4, 0.5) is 0 Å². The van der Waals surface area contributed by atoms with Crippen LogP contribution < -0.4 is 10.3 Å². The smallest absolute Gasteiger partial charge is 0.338 e. The summed E-state index contributed by atoms with van der Waals surface area (Å²) >= 11 is 0. The molecule has 0 saturated heterocycles. The van der Waals surface area contributed by atoms with E-state index in [4.69, 9.17) is 14.5 Å². The molecule has 172 valence electrons. The highest BCUT2D eigenvalue weighted by molar-refractivity contribution is 5.89. The van der Waals surface area contributed by atoms with Gasteiger partial charge in [-0.25, -0.2) is 9.78 Å². The van der Waals surface area contributed by atoms with Gasteiger partial charge in [-0.1, -0.05) is 24.3 Å². The van der Waals surface area contributed by atoms with Crippen molar-refractivity contribution in [2.45, 2.75) is 13.8 Å². The number of fused-ring (bicyclic) bond motifs is 1. The van der Waals surface area contributed by atoms with Crippen LogP contribution in [0.2, 0.25) is 0 Å². The van der Waals surface area contributed by atoms with E-state index in [1.807, 2.05) is 13.0 Å². The largest absolute Gasteiger partial charge is 0.504 e. The van der Waals surface area contributed by atoms with E-state index in [-0.39, 0.29) is 17.9 Å². The van der Waals surface area contributed by atoms with Crippen molar-refractivity contribution in [3.8, 4) is 17.2 Å². The van der Waals surface area contributed by atoms with Crippen molar-refractivity contribution in [1.29, 1.82) is 0 Å². The zero-order valence-corrected chi connectivity index (χ0v) is 18.9. The maximum Gasteiger partial charge on any atom is 0.338 e. The molecule has 0 saturated carbocycles. The number of phenols is 1. The molecular formula is C27H24N2O5. The van der Waals surface area contributed by atoms with Crippen LogP contribution in [0, 0.1) is 0 Å². The first-order chi connectivity index (χ1) is 16.5. The van der Waals surface area contributed by atoms with Crippen molar-refractivity contribution >= 4 is 29.0 Å². The first-order valence-corrected chi connectivity index (χ1v) is 10.9. The lowest BCUT2D eigenvalue weighted by Crippen LogP contribution is -2.22. The number of hydrogen-bond donors (Lipinski definition) is 1.